The lowest BCUT2D eigenvalue weighted by atomic mass is 9.92. The van der Waals surface area contributed by atoms with Crippen LogP contribution >= 0.6 is 11.6 Å². The number of amides is 1. The first-order chi connectivity index (χ1) is 9.16. The van der Waals surface area contributed by atoms with Gasteiger partial charge in [-0.2, -0.15) is 0 Å². The van der Waals surface area contributed by atoms with E-state index in [4.69, 9.17) is 11.6 Å². The molecule has 4 nitrogen and oxygen atoms in total. The van der Waals surface area contributed by atoms with E-state index in [-0.39, 0.29) is 11.9 Å². The molecule has 1 aromatic heterocycles. The first-order valence-corrected chi connectivity index (χ1v) is 7.30. The Labute approximate surface area is 118 Å². The molecule has 1 amide bonds. The second-order valence-corrected chi connectivity index (χ2v) is 5.76. The third kappa shape index (κ3) is 2.29. The van der Waals surface area contributed by atoms with Gasteiger partial charge >= 0.3 is 0 Å². The van der Waals surface area contributed by atoms with Gasteiger partial charge in [-0.1, -0.05) is 30.9 Å². The van der Waals surface area contributed by atoms with Crippen LogP contribution in [0.25, 0.3) is 0 Å². The van der Waals surface area contributed by atoms with Gasteiger partial charge in [0.2, 0.25) is 5.91 Å². The Morgan fingerprint density at radius 1 is 1.32 bits per heavy atom. The number of aromatic nitrogens is 1. The number of halogens is 1. The molecule has 1 aliphatic heterocycles. The van der Waals surface area contributed by atoms with E-state index in [0.29, 0.717) is 11.2 Å². The molecule has 2 heterocycles. The minimum atomic E-state index is -0.179. The van der Waals surface area contributed by atoms with Crippen molar-refractivity contribution in [2.75, 3.05) is 10.2 Å². The van der Waals surface area contributed by atoms with E-state index in [1.807, 2.05) is 13.0 Å². The molecule has 1 aliphatic carbocycles. The highest BCUT2D eigenvalue weighted by Crippen LogP contribution is 2.36. The zero-order valence-corrected chi connectivity index (χ0v) is 11.8. The van der Waals surface area contributed by atoms with E-state index < -0.39 is 0 Å². The van der Waals surface area contributed by atoms with Crippen LogP contribution in [0.4, 0.5) is 11.5 Å². The zero-order chi connectivity index (χ0) is 13.4. The van der Waals surface area contributed by atoms with Crippen molar-refractivity contribution in [3.63, 3.8) is 0 Å². The highest BCUT2D eigenvalue weighted by molar-refractivity contribution is 6.29. The lowest BCUT2D eigenvalue weighted by molar-refractivity contribution is -0.117. The summed E-state index contributed by atoms with van der Waals surface area (Å²) >= 11 is 6.01. The number of nitrogens with zero attached hydrogens (tertiary/aromatic N) is 2. The van der Waals surface area contributed by atoms with Crippen LogP contribution in [0.15, 0.2) is 12.1 Å². The van der Waals surface area contributed by atoms with E-state index in [9.17, 15) is 4.79 Å². The Balaban J connectivity index is 2.01. The average molecular weight is 280 g/mol. The largest absolute Gasteiger partial charge is 0.340 e. The molecule has 0 radical (unpaired) electrons. The van der Waals surface area contributed by atoms with Crippen molar-refractivity contribution < 1.29 is 4.79 Å². The van der Waals surface area contributed by atoms with Crippen molar-refractivity contribution in [3.05, 3.63) is 17.3 Å². The van der Waals surface area contributed by atoms with E-state index >= 15 is 0 Å². The van der Waals surface area contributed by atoms with Crippen LogP contribution in [0.3, 0.4) is 0 Å². The summed E-state index contributed by atoms with van der Waals surface area (Å²) in [7, 11) is 0. The molecule has 5 heteroatoms. The number of rotatable bonds is 1. The van der Waals surface area contributed by atoms with Crippen LogP contribution in [-0.2, 0) is 4.79 Å². The second kappa shape index (κ2) is 5.00. The van der Waals surface area contributed by atoms with Crippen LogP contribution in [0.5, 0.6) is 0 Å². The molecule has 1 N–H and O–H groups in total. The Hall–Kier alpha value is -1.29. The number of pyridine rings is 1. The van der Waals surface area contributed by atoms with Gasteiger partial charge in [0.05, 0.1) is 5.69 Å². The molecule has 0 aromatic carbocycles. The van der Waals surface area contributed by atoms with Gasteiger partial charge in [-0.15, -0.1) is 0 Å². The third-order valence-corrected chi connectivity index (χ3v) is 4.32. The lowest BCUT2D eigenvalue weighted by Crippen LogP contribution is -2.52. The Morgan fingerprint density at radius 2 is 2.05 bits per heavy atom. The fraction of sp³-hybridized carbons (Fsp3) is 0.571. The van der Waals surface area contributed by atoms with E-state index in [1.54, 1.807) is 6.07 Å². The quantitative estimate of drug-likeness (QED) is 0.803. The Kier molecular flexibility index (Phi) is 3.35. The normalized spacial score (nSPS) is 24.0. The summed E-state index contributed by atoms with van der Waals surface area (Å²) in [6.45, 7) is 1.94. The predicted molar refractivity (Wildman–Crippen MR) is 76.7 cm³/mol. The fourth-order valence-corrected chi connectivity index (χ4v) is 3.26. The topological polar surface area (TPSA) is 45.2 Å². The van der Waals surface area contributed by atoms with E-state index in [2.05, 4.69) is 15.2 Å². The monoisotopic (exact) mass is 279 g/mol. The Morgan fingerprint density at radius 3 is 2.79 bits per heavy atom. The maximum Gasteiger partial charge on any atom is 0.246 e. The highest BCUT2D eigenvalue weighted by atomic mass is 35.5. The molecule has 1 aromatic rings. The van der Waals surface area contributed by atoms with Gasteiger partial charge in [-0.05, 0) is 31.9 Å². The summed E-state index contributed by atoms with van der Waals surface area (Å²) in [5, 5.41) is 3.38. The maximum atomic E-state index is 12.1. The van der Waals surface area contributed by atoms with Crippen LogP contribution in [0.1, 0.15) is 39.0 Å². The first kappa shape index (κ1) is 12.7. The average Bonchev–Trinajstić information content (AvgIpc) is 2.42. The number of hydrogen-bond donors (Lipinski definition) is 1. The molecular formula is C14H18ClN3O. The van der Waals surface area contributed by atoms with Crippen molar-refractivity contribution in [1.82, 2.24) is 4.98 Å². The van der Waals surface area contributed by atoms with Crippen LogP contribution < -0.4 is 10.2 Å². The number of carbonyl (C=O) groups is 1. The zero-order valence-electron chi connectivity index (χ0n) is 11.0. The third-order valence-electron chi connectivity index (χ3n) is 4.11. The first-order valence-electron chi connectivity index (χ1n) is 6.92. The van der Waals surface area contributed by atoms with Gasteiger partial charge < -0.3 is 10.2 Å². The van der Waals surface area contributed by atoms with Crippen LogP contribution in [0, 0.1) is 0 Å². The molecule has 3 rings (SSSR count). The minimum absolute atomic E-state index is 0.0437. The number of carbonyl (C=O) groups excluding carboxylic acids is 1. The van der Waals surface area contributed by atoms with E-state index in [1.165, 1.54) is 19.3 Å². The summed E-state index contributed by atoms with van der Waals surface area (Å²) in [6, 6.07) is 3.78. The van der Waals surface area contributed by atoms with Crippen LogP contribution in [0.2, 0.25) is 5.15 Å². The summed E-state index contributed by atoms with van der Waals surface area (Å²) in [4.78, 5) is 18.7. The summed E-state index contributed by atoms with van der Waals surface area (Å²) in [5.41, 5.74) is 0.776. The smallest absolute Gasteiger partial charge is 0.246 e. The molecule has 0 unspecified atom stereocenters. The molecule has 0 bridgehead atoms. The number of anilines is 2. The molecule has 1 fully saturated rings. The van der Waals surface area contributed by atoms with Crippen molar-refractivity contribution >= 4 is 29.0 Å². The lowest BCUT2D eigenvalue weighted by Gasteiger charge is -2.42. The molecule has 1 atom stereocenters. The molecular weight excluding hydrogens is 262 g/mol. The number of fused-ring (bicyclic) bond motifs is 1. The molecule has 0 saturated heterocycles. The van der Waals surface area contributed by atoms with Crippen molar-refractivity contribution in [3.8, 4) is 0 Å². The summed E-state index contributed by atoms with van der Waals surface area (Å²) < 4.78 is 0. The van der Waals surface area contributed by atoms with E-state index in [0.717, 1.165) is 24.3 Å². The van der Waals surface area contributed by atoms with Crippen LogP contribution in [-0.4, -0.2) is 23.0 Å². The molecule has 1 saturated carbocycles. The fourth-order valence-electron chi connectivity index (χ4n) is 3.11. The number of nitrogens with one attached hydrogen (secondary N) is 1. The van der Waals surface area contributed by atoms with Gasteiger partial charge in [-0.25, -0.2) is 4.98 Å². The van der Waals surface area contributed by atoms with Gasteiger partial charge in [0.15, 0.2) is 5.82 Å². The molecule has 102 valence electrons. The van der Waals surface area contributed by atoms with Crippen molar-refractivity contribution in [2.24, 2.45) is 0 Å². The van der Waals surface area contributed by atoms with Gasteiger partial charge in [0.1, 0.15) is 11.2 Å². The maximum absolute atomic E-state index is 12.1. The summed E-state index contributed by atoms with van der Waals surface area (Å²) in [6.07, 6.45) is 6.01. The van der Waals surface area contributed by atoms with Gasteiger partial charge in [0.25, 0.3) is 0 Å². The standard InChI is InChI=1S/C14H18ClN3O/c1-9-14(19)16-11-7-8-12(15)17-13(11)18(9)10-5-3-2-4-6-10/h7-10H,2-6H2,1H3,(H,16,19)/t9-/m0/s1. The van der Waals surface area contributed by atoms with Gasteiger partial charge in [0, 0.05) is 6.04 Å². The molecule has 0 spiro atoms. The summed E-state index contributed by atoms with van der Waals surface area (Å²) in [5.74, 6) is 0.869. The molecule has 2 aliphatic rings. The molecule has 19 heavy (non-hydrogen) atoms. The Bertz CT molecular complexity index is 499. The number of hydrogen-bond acceptors (Lipinski definition) is 3. The van der Waals surface area contributed by atoms with Crippen molar-refractivity contribution in [1.29, 1.82) is 0 Å². The predicted octanol–water partition coefficient (Wildman–Crippen LogP) is 3.21. The SMILES string of the molecule is C[C@H]1C(=O)Nc2ccc(Cl)nc2N1C1CCCCC1. The second-order valence-electron chi connectivity index (χ2n) is 5.37. The van der Waals surface area contributed by atoms with Crippen molar-refractivity contribution in [2.45, 2.75) is 51.1 Å². The highest BCUT2D eigenvalue weighted by Gasteiger charge is 2.35. The van der Waals surface area contributed by atoms with Gasteiger partial charge in [-0.3, -0.25) is 4.79 Å². The minimum Gasteiger partial charge on any atom is -0.340 e.